The first-order valence-corrected chi connectivity index (χ1v) is 6.06. The number of hydrogen-bond acceptors (Lipinski definition) is 3. The zero-order valence-corrected chi connectivity index (χ0v) is 10.1. The number of anilines is 1. The minimum Gasteiger partial charge on any atom is -0.358 e. The predicted octanol–water partition coefficient (Wildman–Crippen LogP) is 1.99. The first-order chi connectivity index (χ1) is 9.07. The summed E-state index contributed by atoms with van der Waals surface area (Å²) in [6.07, 6.45) is -1.93. The molecule has 0 aromatic carbocycles. The first-order valence-electron chi connectivity index (χ1n) is 6.06. The molecule has 1 fully saturated rings. The average molecular weight is 270 g/mol. The van der Waals surface area contributed by atoms with Crippen molar-refractivity contribution in [2.24, 2.45) is 0 Å². The molecule has 0 atom stereocenters. The number of nitrogens with zero attached hydrogens (tertiary/aromatic N) is 2. The molecule has 0 amide bonds. The van der Waals surface area contributed by atoms with Crippen molar-refractivity contribution in [1.82, 2.24) is 15.3 Å². The molecule has 102 valence electrons. The van der Waals surface area contributed by atoms with Crippen LogP contribution >= 0.6 is 0 Å². The van der Waals surface area contributed by atoms with Crippen molar-refractivity contribution in [3.8, 4) is 0 Å². The molecule has 0 radical (unpaired) electrons. The Morgan fingerprint density at radius 1 is 1.21 bits per heavy atom. The maximum Gasteiger partial charge on any atom is 0.418 e. The lowest BCUT2D eigenvalue weighted by Gasteiger charge is -2.29. The Kier molecular flexibility index (Phi) is 2.85. The van der Waals surface area contributed by atoms with Crippen molar-refractivity contribution in [3.63, 3.8) is 0 Å². The van der Waals surface area contributed by atoms with E-state index in [-0.39, 0.29) is 5.39 Å². The molecule has 0 bridgehead atoms. The number of aromatic amines is 1. The molecule has 2 N–H and O–H groups in total. The van der Waals surface area contributed by atoms with E-state index in [2.05, 4.69) is 15.3 Å². The summed E-state index contributed by atoms with van der Waals surface area (Å²) in [6.45, 7) is 3.11. The molecule has 0 saturated carbocycles. The van der Waals surface area contributed by atoms with Crippen LogP contribution in [0.4, 0.5) is 19.0 Å². The van der Waals surface area contributed by atoms with Crippen LogP contribution in [0.25, 0.3) is 10.9 Å². The van der Waals surface area contributed by atoms with E-state index in [1.54, 1.807) is 0 Å². The van der Waals surface area contributed by atoms with E-state index in [0.29, 0.717) is 11.3 Å². The number of hydrogen-bond donors (Lipinski definition) is 2. The van der Waals surface area contributed by atoms with Crippen molar-refractivity contribution in [1.29, 1.82) is 0 Å². The molecular weight excluding hydrogens is 257 g/mol. The fraction of sp³-hybridized carbons (Fsp3) is 0.417. The molecule has 2 aromatic rings. The van der Waals surface area contributed by atoms with Crippen LogP contribution < -0.4 is 10.2 Å². The maximum atomic E-state index is 12.9. The van der Waals surface area contributed by atoms with Crippen LogP contribution in [0, 0.1) is 0 Å². The molecular formula is C12H13F3N4. The van der Waals surface area contributed by atoms with Gasteiger partial charge in [-0.2, -0.15) is 13.2 Å². The third-order valence-corrected chi connectivity index (χ3v) is 3.30. The Morgan fingerprint density at radius 3 is 2.63 bits per heavy atom. The third kappa shape index (κ3) is 2.14. The number of fused-ring (bicyclic) bond motifs is 1. The average Bonchev–Trinajstić information content (AvgIpc) is 2.86. The Labute approximate surface area is 107 Å². The van der Waals surface area contributed by atoms with Gasteiger partial charge in [-0.1, -0.05) is 0 Å². The Hall–Kier alpha value is -1.76. The molecule has 2 aromatic heterocycles. The second-order valence-electron chi connectivity index (χ2n) is 4.50. The van der Waals surface area contributed by atoms with Gasteiger partial charge in [-0.3, -0.25) is 0 Å². The van der Waals surface area contributed by atoms with Crippen LogP contribution in [-0.2, 0) is 6.18 Å². The van der Waals surface area contributed by atoms with E-state index in [9.17, 15) is 13.2 Å². The summed E-state index contributed by atoms with van der Waals surface area (Å²) in [5.41, 5.74) is -0.237. The van der Waals surface area contributed by atoms with Crippen molar-refractivity contribution < 1.29 is 13.2 Å². The van der Waals surface area contributed by atoms with Crippen molar-refractivity contribution >= 4 is 16.7 Å². The number of pyridine rings is 1. The largest absolute Gasteiger partial charge is 0.418 e. The number of nitrogens with one attached hydrogen (secondary N) is 2. The number of H-pyrrole nitrogens is 1. The van der Waals surface area contributed by atoms with E-state index in [4.69, 9.17) is 0 Å². The van der Waals surface area contributed by atoms with Gasteiger partial charge in [-0.05, 0) is 6.07 Å². The summed E-state index contributed by atoms with van der Waals surface area (Å²) in [5, 5.41) is 3.38. The molecule has 0 aliphatic carbocycles. The highest BCUT2D eigenvalue weighted by Crippen LogP contribution is 2.36. The van der Waals surface area contributed by atoms with Gasteiger partial charge < -0.3 is 15.2 Å². The minimum absolute atomic E-state index is 0.177. The van der Waals surface area contributed by atoms with Gasteiger partial charge in [-0.25, -0.2) is 4.98 Å². The summed E-state index contributed by atoms with van der Waals surface area (Å²) in [6, 6.07) is 1.45. The molecule has 1 saturated heterocycles. The topological polar surface area (TPSA) is 44.0 Å². The van der Waals surface area contributed by atoms with Crippen molar-refractivity contribution in [2.75, 3.05) is 31.1 Å². The summed E-state index contributed by atoms with van der Waals surface area (Å²) >= 11 is 0. The fourth-order valence-corrected chi connectivity index (χ4v) is 2.38. The monoisotopic (exact) mass is 270 g/mol. The number of alkyl halides is 3. The molecule has 0 spiro atoms. The molecule has 0 unspecified atom stereocenters. The number of halogens is 3. The molecule has 7 heteroatoms. The van der Waals surface area contributed by atoms with E-state index in [1.807, 2.05) is 4.90 Å². The minimum atomic E-state index is -4.38. The van der Waals surface area contributed by atoms with Crippen molar-refractivity contribution in [3.05, 3.63) is 24.0 Å². The highest BCUT2D eigenvalue weighted by Gasteiger charge is 2.34. The van der Waals surface area contributed by atoms with E-state index in [1.165, 1.54) is 12.3 Å². The van der Waals surface area contributed by atoms with Crippen molar-refractivity contribution in [2.45, 2.75) is 6.18 Å². The lowest BCUT2D eigenvalue weighted by atomic mass is 10.1. The predicted molar refractivity (Wildman–Crippen MR) is 66.2 cm³/mol. The van der Waals surface area contributed by atoms with Gasteiger partial charge in [0.05, 0.1) is 11.1 Å². The standard InChI is InChI=1S/C12H13F3N4/c13-12(14,15)9-7-18-11(10-8(9)1-2-17-10)19-5-3-16-4-6-19/h1-2,7,16-17H,3-6H2. The van der Waals surface area contributed by atoms with Crippen LogP contribution in [-0.4, -0.2) is 36.1 Å². The number of aromatic nitrogens is 2. The highest BCUT2D eigenvalue weighted by molar-refractivity contribution is 5.92. The molecule has 4 nitrogen and oxygen atoms in total. The summed E-state index contributed by atoms with van der Waals surface area (Å²) in [7, 11) is 0. The van der Waals surface area contributed by atoms with Crippen LogP contribution in [0.2, 0.25) is 0 Å². The summed E-state index contributed by atoms with van der Waals surface area (Å²) in [4.78, 5) is 8.88. The first kappa shape index (κ1) is 12.3. The zero-order valence-electron chi connectivity index (χ0n) is 10.1. The summed E-state index contributed by atoms with van der Waals surface area (Å²) in [5.74, 6) is 0.592. The second kappa shape index (κ2) is 4.41. The number of rotatable bonds is 1. The SMILES string of the molecule is FC(F)(F)c1cnc(N2CCNCC2)c2[nH]ccc12. The fourth-order valence-electron chi connectivity index (χ4n) is 2.38. The number of piperazine rings is 1. The molecule has 1 aliphatic rings. The lowest BCUT2D eigenvalue weighted by Crippen LogP contribution is -2.44. The normalized spacial score (nSPS) is 17.1. The van der Waals surface area contributed by atoms with Gasteiger partial charge in [0, 0.05) is 44.0 Å². The van der Waals surface area contributed by atoms with Gasteiger partial charge >= 0.3 is 6.18 Å². The smallest absolute Gasteiger partial charge is 0.358 e. The van der Waals surface area contributed by atoms with Gasteiger partial charge in [0.1, 0.15) is 0 Å². The van der Waals surface area contributed by atoms with Crippen LogP contribution in [0.15, 0.2) is 18.5 Å². The van der Waals surface area contributed by atoms with Gasteiger partial charge in [-0.15, -0.1) is 0 Å². The van der Waals surface area contributed by atoms with Gasteiger partial charge in [0.2, 0.25) is 0 Å². The third-order valence-electron chi connectivity index (χ3n) is 3.30. The van der Waals surface area contributed by atoms with E-state index in [0.717, 1.165) is 32.4 Å². The Balaban J connectivity index is 2.10. The van der Waals surface area contributed by atoms with Crippen LogP contribution in [0.1, 0.15) is 5.56 Å². The van der Waals surface area contributed by atoms with Crippen LogP contribution in [0.3, 0.4) is 0 Å². The summed E-state index contributed by atoms with van der Waals surface area (Å²) < 4.78 is 38.7. The Bertz CT molecular complexity index is 584. The zero-order chi connectivity index (χ0) is 13.5. The van der Waals surface area contributed by atoms with E-state index >= 15 is 0 Å². The Morgan fingerprint density at radius 2 is 1.95 bits per heavy atom. The highest BCUT2D eigenvalue weighted by atomic mass is 19.4. The van der Waals surface area contributed by atoms with E-state index < -0.39 is 11.7 Å². The lowest BCUT2D eigenvalue weighted by molar-refractivity contribution is -0.136. The second-order valence-corrected chi connectivity index (χ2v) is 4.50. The molecule has 3 heterocycles. The maximum absolute atomic E-state index is 12.9. The molecule has 3 rings (SSSR count). The molecule has 19 heavy (non-hydrogen) atoms. The van der Waals surface area contributed by atoms with Gasteiger partial charge in [0.25, 0.3) is 0 Å². The quantitative estimate of drug-likeness (QED) is 0.833. The van der Waals surface area contributed by atoms with Gasteiger partial charge in [0.15, 0.2) is 5.82 Å². The molecule has 1 aliphatic heterocycles. The van der Waals surface area contributed by atoms with Crippen LogP contribution in [0.5, 0.6) is 0 Å².